The molecule has 1 aromatic rings. The van der Waals surface area contributed by atoms with Gasteiger partial charge in [-0.25, -0.2) is 0 Å². The van der Waals surface area contributed by atoms with Gasteiger partial charge in [-0.05, 0) is 37.8 Å². The van der Waals surface area contributed by atoms with E-state index in [1.54, 1.807) is 0 Å². The van der Waals surface area contributed by atoms with Gasteiger partial charge in [0.15, 0.2) is 0 Å². The van der Waals surface area contributed by atoms with Crippen LogP contribution in [0.1, 0.15) is 41.6 Å². The summed E-state index contributed by atoms with van der Waals surface area (Å²) in [5, 5.41) is 0. The van der Waals surface area contributed by atoms with Crippen molar-refractivity contribution in [1.82, 2.24) is 9.80 Å². The second kappa shape index (κ2) is 8.68. The SMILES string of the molecule is Cc1ccc(C(=O)N2CCN(C(=O)C[C@@H]3CCC[C@H]3N)CC2)cc1.Cl. The predicted octanol–water partition coefficient (Wildman–Crippen LogP) is 2.22. The highest BCUT2D eigenvalue weighted by Crippen LogP contribution is 2.27. The molecule has 2 fully saturated rings. The van der Waals surface area contributed by atoms with Crippen molar-refractivity contribution in [3.8, 4) is 0 Å². The molecule has 0 aromatic heterocycles. The highest BCUT2D eigenvalue weighted by molar-refractivity contribution is 5.94. The highest BCUT2D eigenvalue weighted by atomic mass is 35.5. The summed E-state index contributed by atoms with van der Waals surface area (Å²) < 4.78 is 0. The van der Waals surface area contributed by atoms with E-state index in [-0.39, 0.29) is 30.3 Å². The van der Waals surface area contributed by atoms with Gasteiger partial charge in [0.1, 0.15) is 0 Å². The van der Waals surface area contributed by atoms with Gasteiger partial charge in [0.05, 0.1) is 0 Å². The summed E-state index contributed by atoms with van der Waals surface area (Å²) in [7, 11) is 0. The van der Waals surface area contributed by atoms with E-state index in [0.29, 0.717) is 38.5 Å². The summed E-state index contributed by atoms with van der Waals surface area (Å²) in [6.07, 6.45) is 3.81. The van der Waals surface area contributed by atoms with E-state index in [4.69, 9.17) is 5.73 Å². The standard InChI is InChI=1S/C19H27N3O2.ClH/c1-14-5-7-15(8-6-14)19(24)22-11-9-21(10-12-22)18(23)13-16-3-2-4-17(16)20;/h5-8,16-17H,2-4,9-13,20H2,1H3;1H/t16-,17+;/m0./s1. The average Bonchev–Trinajstić information content (AvgIpc) is 3.00. The Hall–Kier alpha value is -1.59. The molecule has 1 saturated carbocycles. The molecule has 1 aliphatic heterocycles. The number of aryl methyl sites for hydroxylation is 1. The zero-order valence-corrected chi connectivity index (χ0v) is 15.6. The van der Waals surface area contributed by atoms with Crippen LogP contribution in [0.4, 0.5) is 0 Å². The quantitative estimate of drug-likeness (QED) is 0.893. The minimum absolute atomic E-state index is 0. The van der Waals surface area contributed by atoms with Crippen LogP contribution in [0.25, 0.3) is 0 Å². The van der Waals surface area contributed by atoms with Gasteiger partial charge in [-0.1, -0.05) is 24.1 Å². The minimum atomic E-state index is 0. The highest BCUT2D eigenvalue weighted by Gasteiger charge is 2.30. The molecule has 6 heteroatoms. The Morgan fingerprint density at radius 3 is 2.20 bits per heavy atom. The van der Waals surface area contributed by atoms with Crippen LogP contribution in [0.2, 0.25) is 0 Å². The molecular weight excluding hydrogens is 338 g/mol. The Balaban J connectivity index is 0.00000225. The number of piperazine rings is 1. The molecule has 1 aromatic carbocycles. The fourth-order valence-corrected chi connectivity index (χ4v) is 3.71. The lowest BCUT2D eigenvalue weighted by Crippen LogP contribution is -2.51. The van der Waals surface area contributed by atoms with Gasteiger partial charge in [-0.15, -0.1) is 12.4 Å². The number of benzene rings is 1. The van der Waals surface area contributed by atoms with Crippen molar-refractivity contribution in [3.05, 3.63) is 35.4 Å². The largest absolute Gasteiger partial charge is 0.339 e. The normalized spacial score (nSPS) is 23.3. The van der Waals surface area contributed by atoms with Crippen LogP contribution in [0.5, 0.6) is 0 Å². The zero-order chi connectivity index (χ0) is 17.1. The van der Waals surface area contributed by atoms with Crippen molar-refractivity contribution in [2.45, 2.75) is 38.6 Å². The molecule has 1 saturated heterocycles. The first-order valence-electron chi connectivity index (χ1n) is 8.94. The van der Waals surface area contributed by atoms with Crippen molar-refractivity contribution in [3.63, 3.8) is 0 Å². The van der Waals surface area contributed by atoms with Crippen LogP contribution in [-0.2, 0) is 4.79 Å². The van der Waals surface area contributed by atoms with Crippen molar-refractivity contribution >= 4 is 24.2 Å². The maximum Gasteiger partial charge on any atom is 0.253 e. The van der Waals surface area contributed by atoms with E-state index in [0.717, 1.165) is 30.4 Å². The molecule has 3 rings (SSSR count). The number of hydrogen-bond acceptors (Lipinski definition) is 3. The first-order valence-corrected chi connectivity index (χ1v) is 8.94. The fourth-order valence-electron chi connectivity index (χ4n) is 3.71. The number of nitrogens with zero attached hydrogens (tertiary/aromatic N) is 2. The van der Waals surface area contributed by atoms with Crippen LogP contribution < -0.4 is 5.73 Å². The summed E-state index contributed by atoms with van der Waals surface area (Å²) >= 11 is 0. The Morgan fingerprint density at radius 1 is 1.04 bits per heavy atom. The van der Waals surface area contributed by atoms with Crippen molar-refractivity contribution in [1.29, 1.82) is 0 Å². The van der Waals surface area contributed by atoms with Gasteiger partial charge >= 0.3 is 0 Å². The smallest absolute Gasteiger partial charge is 0.253 e. The molecule has 2 amide bonds. The third-order valence-electron chi connectivity index (χ3n) is 5.37. The molecule has 2 N–H and O–H groups in total. The van der Waals surface area contributed by atoms with Crippen LogP contribution in [0.3, 0.4) is 0 Å². The summed E-state index contributed by atoms with van der Waals surface area (Å²) in [6.45, 7) is 4.47. The van der Waals surface area contributed by atoms with Gasteiger partial charge in [0.2, 0.25) is 5.91 Å². The Bertz CT molecular complexity index is 597. The first-order chi connectivity index (χ1) is 11.5. The average molecular weight is 366 g/mol. The summed E-state index contributed by atoms with van der Waals surface area (Å²) in [5.74, 6) is 0.587. The number of carbonyl (C=O) groups is 2. The summed E-state index contributed by atoms with van der Waals surface area (Å²) in [4.78, 5) is 28.7. The number of carbonyl (C=O) groups excluding carboxylic acids is 2. The fraction of sp³-hybridized carbons (Fsp3) is 0.579. The first kappa shape index (κ1) is 19.7. The number of amides is 2. The van der Waals surface area contributed by atoms with Crippen molar-refractivity contribution in [2.75, 3.05) is 26.2 Å². The molecular formula is C19H28ClN3O2. The zero-order valence-electron chi connectivity index (χ0n) is 14.8. The van der Waals surface area contributed by atoms with Gasteiger partial charge in [-0.3, -0.25) is 9.59 Å². The summed E-state index contributed by atoms with van der Waals surface area (Å²) in [6, 6.07) is 7.83. The molecule has 0 unspecified atom stereocenters. The van der Waals surface area contributed by atoms with E-state index in [2.05, 4.69) is 0 Å². The number of rotatable bonds is 3. The Kier molecular flexibility index (Phi) is 6.85. The minimum Gasteiger partial charge on any atom is -0.339 e. The van der Waals surface area contributed by atoms with Crippen molar-refractivity contribution in [2.24, 2.45) is 11.7 Å². The topological polar surface area (TPSA) is 66.6 Å². The van der Waals surface area contributed by atoms with Gasteiger partial charge in [0, 0.05) is 44.2 Å². The molecule has 2 aliphatic rings. The van der Waals surface area contributed by atoms with Gasteiger partial charge in [-0.2, -0.15) is 0 Å². The summed E-state index contributed by atoms with van der Waals surface area (Å²) in [5.41, 5.74) is 7.94. The van der Waals surface area contributed by atoms with E-state index in [9.17, 15) is 9.59 Å². The molecule has 25 heavy (non-hydrogen) atoms. The third-order valence-corrected chi connectivity index (χ3v) is 5.37. The lowest BCUT2D eigenvalue weighted by molar-refractivity contribution is -0.133. The second-order valence-corrected chi connectivity index (χ2v) is 7.10. The maximum atomic E-state index is 12.5. The van der Waals surface area contributed by atoms with Crippen LogP contribution in [0, 0.1) is 12.8 Å². The lowest BCUT2D eigenvalue weighted by atomic mass is 9.99. The van der Waals surface area contributed by atoms with Crippen molar-refractivity contribution < 1.29 is 9.59 Å². The number of hydrogen-bond donors (Lipinski definition) is 1. The van der Waals surface area contributed by atoms with Gasteiger partial charge < -0.3 is 15.5 Å². The second-order valence-electron chi connectivity index (χ2n) is 7.10. The molecule has 0 spiro atoms. The van der Waals surface area contributed by atoms with E-state index >= 15 is 0 Å². The number of nitrogens with two attached hydrogens (primary N) is 1. The number of halogens is 1. The van der Waals surface area contributed by atoms with Crippen LogP contribution in [0.15, 0.2) is 24.3 Å². The lowest BCUT2D eigenvalue weighted by Gasteiger charge is -2.35. The van der Waals surface area contributed by atoms with E-state index < -0.39 is 0 Å². The molecule has 0 radical (unpaired) electrons. The Morgan fingerprint density at radius 2 is 1.64 bits per heavy atom. The van der Waals surface area contributed by atoms with E-state index in [1.165, 1.54) is 0 Å². The van der Waals surface area contributed by atoms with Gasteiger partial charge in [0.25, 0.3) is 5.91 Å². The molecule has 1 aliphatic carbocycles. The Labute approximate surface area is 155 Å². The molecule has 5 nitrogen and oxygen atoms in total. The maximum absolute atomic E-state index is 12.5. The molecule has 138 valence electrons. The predicted molar refractivity (Wildman–Crippen MR) is 101 cm³/mol. The van der Waals surface area contributed by atoms with Crippen LogP contribution >= 0.6 is 12.4 Å². The monoisotopic (exact) mass is 365 g/mol. The van der Waals surface area contributed by atoms with Crippen LogP contribution in [-0.4, -0.2) is 53.8 Å². The molecule has 2 atom stereocenters. The molecule has 0 bridgehead atoms. The third kappa shape index (κ3) is 4.73. The van der Waals surface area contributed by atoms with E-state index in [1.807, 2.05) is 41.0 Å². The molecule has 1 heterocycles.